The van der Waals surface area contributed by atoms with Crippen LogP contribution < -0.4 is 9.13 Å². The SMILES string of the molecule is CC1(C)c2c[n+](-c3ccccc3)ccc2-c2cc[n+](-c3ccccc3)cc21. The molecular formula is C25H22N2+2. The standard InChI is InChI=1S/C25H22N2/c1-25(2)23-17-26(19-9-5-3-6-10-19)15-13-21(23)22-14-16-27(18-24(22)25)20-11-7-4-8-12-20/h3-18H,1-2H3/q+2. The molecule has 0 N–H and O–H groups in total. The average Bonchev–Trinajstić information content (AvgIpc) is 2.96. The van der Waals surface area contributed by atoms with Crippen molar-refractivity contribution in [2.75, 3.05) is 0 Å². The van der Waals surface area contributed by atoms with Crippen molar-refractivity contribution in [3.8, 4) is 22.5 Å². The maximum atomic E-state index is 2.32. The lowest BCUT2D eigenvalue weighted by Crippen LogP contribution is -2.33. The molecule has 5 rings (SSSR count). The summed E-state index contributed by atoms with van der Waals surface area (Å²) in [7, 11) is 0. The van der Waals surface area contributed by atoms with Crippen molar-refractivity contribution in [3.63, 3.8) is 0 Å². The van der Waals surface area contributed by atoms with Crippen molar-refractivity contribution in [2.24, 2.45) is 0 Å². The van der Waals surface area contributed by atoms with Gasteiger partial charge in [0.1, 0.15) is 0 Å². The average molecular weight is 350 g/mol. The molecule has 2 heterocycles. The lowest BCUT2D eigenvalue weighted by molar-refractivity contribution is -0.596. The van der Waals surface area contributed by atoms with Gasteiger partial charge < -0.3 is 0 Å². The van der Waals surface area contributed by atoms with E-state index < -0.39 is 0 Å². The molecule has 4 aromatic rings. The lowest BCUT2D eigenvalue weighted by Gasteiger charge is -2.18. The number of aromatic nitrogens is 2. The molecule has 0 saturated heterocycles. The third kappa shape index (κ3) is 2.48. The van der Waals surface area contributed by atoms with E-state index in [0.29, 0.717) is 0 Å². The maximum absolute atomic E-state index is 2.32. The summed E-state index contributed by atoms with van der Waals surface area (Å²) >= 11 is 0. The molecule has 0 amide bonds. The van der Waals surface area contributed by atoms with Crippen LogP contribution in [-0.2, 0) is 5.41 Å². The molecule has 0 spiro atoms. The highest BCUT2D eigenvalue weighted by atomic mass is 15.0. The Kier molecular flexibility index (Phi) is 3.48. The van der Waals surface area contributed by atoms with Gasteiger partial charge in [-0.1, -0.05) is 50.2 Å². The van der Waals surface area contributed by atoms with Gasteiger partial charge in [0.25, 0.3) is 0 Å². The van der Waals surface area contributed by atoms with Crippen LogP contribution in [-0.4, -0.2) is 0 Å². The molecule has 0 radical (unpaired) electrons. The van der Waals surface area contributed by atoms with E-state index >= 15 is 0 Å². The predicted molar refractivity (Wildman–Crippen MR) is 107 cm³/mol. The molecule has 2 heteroatoms. The van der Waals surface area contributed by atoms with Crippen LogP contribution in [0.15, 0.2) is 97.6 Å². The minimum atomic E-state index is -0.0414. The second-order valence-corrected chi connectivity index (χ2v) is 7.66. The summed E-state index contributed by atoms with van der Waals surface area (Å²) in [6, 6.07) is 25.5. The number of benzene rings is 2. The van der Waals surface area contributed by atoms with E-state index in [9.17, 15) is 0 Å². The molecule has 0 saturated carbocycles. The number of pyridine rings is 2. The molecule has 0 atom stereocenters. The molecule has 1 aliphatic carbocycles. The van der Waals surface area contributed by atoms with Crippen LogP contribution in [0.3, 0.4) is 0 Å². The summed E-state index contributed by atoms with van der Waals surface area (Å²) in [5.74, 6) is 0. The van der Waals surface area contributed by atoms with Gasteiger partial charge in [-0.05, 0) is 11.1 Å². The predicted octanol–water partition coefficient (Wildman–Crippen LogP) is 4.55. The maximum Gasteiger partial charge on any atom is 0.210 e. The second-order valence-electron chi connectivity index (χ2n) is 7.66. The van der Waals surface area contributed by atoms with Gasteiger partial charge in [0.2, 0.25) is 11.4 Å². The van der Waals surface area contributed by atoms with Gasteiger partial charge in [-0.15, -0.1) is 0 Å². The van der Waals surface area contributed by atoms with Gasteiger partial charge in [0.05, 0.1) is 0 Å². The topological polar surface area (TPSA) is 7.76 Å². The highest BCUT2D eigenvalue weighted by Crippen LogP contribution is 2.47. The van der Waals surface area contributed by atoms with E-state index in [1.807, 2.05) is 0 Å². The van der Waals surface area contributed by atoms with Gasteiger partial charge in [0, 0.05) is 52.9 Å². The third-order valence-electron chi connectivity index (χ3n) is 5.67. The van der Waals surface area contributed by atoms with Crippen LogP contribution in [0.5, 0.6) is 0 Å². The second kappa shape index (κ2) is 5.88. The van der Waals surface area contributed by atoms with E-state index in [1.54, 1.807) is 0 Å². The fourth-order valence-electron chi connectivity index (χ4n) is 4.12. The van der Waals surface area contributed by atoms with E-state index in [0.717, 1.165) is 0 Å². The van der Waals surface area contributed by atoms with Crippen LogP contribution in [0.4, 0.5) is 0 Å². The molecule has 27 heavy (non-hydrogen) atoms. The smallest absolute Gasteiger partial charge is 0.167 e. The molecule has 0 bridgehead atoms. The van der Waals surface area contributed by atoms with Gasteiger partial charge in [0.15, 0.2) is 24.8 Å². The highest BCUT2D eigenvalue weighted by molar-refractivity contribution is 5.78. The summed E-state index contributed by atoms with van der Waals surface area (Å²) in [6.45, 7) is 4.64. The van der Waals surface area contributed by atoms with Gasteiger partial charge >= 0.3 is 0 Å². The zero-order valence-corrected chi connectivity index (χ0v) is 15.6. The Morgan fingerprint density at radius 3 is 1.37 bits per heavy atom. The first-order valence-corrected chi connectivity index (χ1v) is 9.37. The summed E-state index contributed by atoms with van der Waals surface area (Å²) < 4.78 is 4.44. The number of hydrogen-bond donors (Lipinski definition) is 0. The molecule has 2 nitrogen and oxygen atoms in total. The first-order valence-electron chi connectivity index (χ1n) is 9.37. The van der Waals surface area contributed by atoms with Crippen LogP contribution >= 0.6 is 0 Å². The van der Waals surface area contributed by atoms with Crippen molar-refractivity contribution >= 4 is 0 Å². The van der Waals surface area contributed by atoms with Gasteiger partial charge in [-0.3, -0.25) is 0 Å². The molecule has 2 aromatic heterocycles. The first kappa shape index (κ1) is 16.0. The molecule has 0 fully saturated rings. The first-order chi connectivity index (χ1) is 13.1. The Labute approximate surface area is 160 Å². The molecule has 2 aromatic carbocycles. The summed E-state index contributed by atoms with van der Waals surface area (Å²) in [4.78, 5) is 0. The number of fused-ring (bicyclic) bond motifs is 3. The van der Waals surface area contributed by atoms with Crippen molar-refractivity contribution in [1.82, 2.24) is 0 Å². The van der Waals surface area contributed by atoms with Gasteiger partial charge in [-0.25, -0.2) is 0 Å². The molecule has 1 aliphatic rings. The fourth-order valence-corrected chi connectivity index (χ4v) is 4.12. The summed E-state index contributed by atoms with van der Waals surface area (Å²) in [5, 5.41) is 0. The Hall–Kier alpha value is -3.26. The molecule has 130 valence electrons. The van der Waals surface area contributed by atoms with E-state index in [-0.39, 0.29) is 5.41 Å². The van der Waals surface area contributed by atoms with Crippen LogP contribution in [0.25, 0.3) is 22.5 Å². The fraction of sp³-hybridized carbons (Fsp3) is 0.120. The minimum Gasteiger partial charge on any atom is -0.167 e. The van der Waals surface area contributed by atoms with Crippen molar-refractivity contribution < 1.29 is 9.13 Å². The third-order valence-corrected chi connectivity index (χ3v) is 5.67. The monoisotopic (exact) mass is 350 g/mol. The van der Waals surface area contributed by atoms with Crippen LogP contribution in [0.2, 0.25) is 0 Å². The molecule has 0 unspecified atom stereocenters. The Bertz CT molecular complexity index is 1040. The lowest BCUT2D eigenvalue weighted by atomic mass is 9.84. The number of para-hydroxylation sites is 2. The van der Waals surface area contributed by atoms with Crippen molar-refractivity contribution in [2.45, 2.75) is 19.3 Å². The Morgan fingerprint density at radius 2 is 0.963 bits per heavy atom. The minimum absolute atomic E-state index is 0.0414. The molecular weight excluding hydrogens is 328 g/mol. The quantitative estimate of drug-likeness (QED) is 0.469. The zero-order chi connectivity index (χ0) is 18.4. The van der Waals surface area contributed by atoms with Gasteiger partial charge in [-0.2, -0.15) is 9.13 Å². The van der Waals surface area contributed by atoms with Crippen LogP contribution in [0.1, 0.15) is 25.0 Å². The van der Waals surface area contributed by atoms with Crippen LogP contribution in [0, 0.1) is 0 Å². The van der Waals surface area contributed by atoms with E-state index in [4.69, 9.17) is 0 Å². The van der Waals surface area contributed by atoms with Crippen molar-refractivity contribution in [3.05, 3.63) is 109 Å². The zero-order valence-electron chi connectivity index (χ0n) is 15.6. The largest absolute Gasteiger partial charge is 0.210 e. The number of nitrogens with zero attached hydrogens (tertiary/aromatic N) is 2. The highest BCUT2D eigenvalue weighted by Gasteiger charge is 2.40. The number of hydrogen-bond acceptors (Lipinski definition) is 0. The Morgan fingerprint density at radius 1 is 0.556 bits per heavy atom. The van der Waals surface area contributed by atoms with Crippen molar-refractivity contribution in [1.29, 1.82) is 0 Å². The molecule has 0 aliphatic heterocycles. The van der Waals surface area contributed by atoms with E-state index in [2.05, 4.69) is 121 Å². The Balaban J connectivity index is 1.65. The van der Waals surface area contributed by atoms with E-state index in [1.165, 1.54) is 33.6 Å². The summed E-state index contributed by atoms with van der Waals surface area (Å²) in [6.07, 6.45) is 8.91. The number of rotatable bonds is 2. The normalized spacial score (nSPS) is 13.9. The summed E-state index contributed by atoms with van der Waals surface area (Å²) in [5.41, 5.74) is 7.74.